The molecule has 6 nitrogen and oxygen atoms in total. The van der Waals surface area contributed by atoms with Gasteiger partial charge in [0.15, 0.2) is 0 Å². The molecule has 0 radical (unpaired) electrons. The van der Waals surface area contributed by atoms with E-state index in [1.54, 1.807) is 19.2 Å². The van der Waals surface area contributed by atoms with Crippen LogP contribution in [0.5, 0.6) is 0 Å². The summed E-state index contributed by atoms with van der Waals surface area (Å²) in [4.78, 5) is 23.6. The fraction of sp³-hybridized carbons (Fsp3) is 0.467. The lowest BCUT2D eigenvalue weighted by molar-refractivity contribution is -0.144. The van der Waals surface area contributed by atoms with Gasteiger partial charge in [0.25, 0.3) is 0 Å². The SMILES string of the molecule is COC1CC(c2ccc(N3C[C@H](C(=O)O)OC3=O)cc2F)C1. The molecule has 1 heterocycles. The van der Waals surface area contributed by atoms with E-state index in [1.807, 2.05) is 0 Å². The lowest BCUT2D eigenvalue weighted by Crippen LogP contribution is -2.30. The first-order valence-electron chi connectivity index (χ1n) is 7.02. The van der Waals surface area contributed by atoms with Gasteiger partial charge in [-0.2, -0.15) is 0 Å². The zero-order chi connectivity index (χ0) is 15.9. The van der Waals surface area contributed by atoms with Crippen LogP contribution in [0, 0.1) is 5.82 Å². The molecule has 1 saturated heterocycles. The Morgan fingerprint density at radius 3 is 2.73 bits per heavy atom. The van der Waals surface area contributed by atoms with E-state index in [2.05, 4.69) is 0 Å². The second-order valence-electron chi connectivity index (χ2n) is 5.55. The zero-order valence-electron chi connectivity index (χ0n) is 12.0. The fourth-order valence-electron chi connectivity index (χ4n) is 2.83. The number of hydrogen-bond donors (Lipinski definition) is 1. The molecule has 0 spiro atoms. The van der Waals surface area contributed by atoms with Crippen molar-refractivity contribution in [3.8, 4) is 0 Å². The quantitative estimate of drug-likeness (QED) is 0.922. The van der Waals surface area contributed by atoms with Gasteiger partial charge in [-0.05, 0) is 36.5 Å². The third-order valence-electron chi connectivity index (χ3n) is 4.25. The number of carboxylic acids is 1. The Bertz CT molecular complexity index is 614. The Labute approximate surface area is 126 Å². The van der Waals surface area contributed by atoms with Crippen LogP contribution in [-0.4, -0.2) is 43.0 Å². The molecule has 1 aromatic rings. The maximum atomic E-state index is 14.3. The van der Waals surface area contributed by atoms with Gasteiger partial charge in [0, 0.05) is 7.11 Å². The maximum Gasteiger partial charge on any atom is 0.415 e. The predicted octanol–water partition coefficient (Wildman–Crippen LogP) is 2.13. The summed E-state index contributed by atoms with van der Waals surface area (Å²) in [6.45, 7) is -0.123. The lowest BCUT2D eigenvalue weighted by Gasteiger charge is -2.34. The van der Waals surface area contributed by atoms with Gasteiger partial charge in [0.05, 0.1) is 18.3 Å². The Balaban J connectivity index is 1.75. The van der Waals surface area contributed by atoms with E-state index in [4.69, 9.17) is 14.6 Å². The summed E-state index contributed by atoms with van der Waals surface area (Å²) in [5, 5.41) is 8.87. The minimum Gasteiger partial charge on any atom is -0.478 e. The monoisotopic (exact) mass is 309 g/mol. The van der Waals surface area contributed by atoms with Gasteiger partial charge in [0.2, 0.25) is 6.10 Å². The van der Waals surface area contributed by atoms with Crippen LogP contribution in [0.1, 0.15) is 24.3 Å². The number of carbonyl (C=O) groups is 2. The molecule has 1 amide bonds. The molecule has 2 fully saturated rings. The molecule has 118 valence electrons. The van der Waals surface area contributed by atoms with E-state index < -0.39 is 24.0 Å². The van der Waals surface area contributed by atoms with Crippen LogP contribution in [0.2, 0.25) is 0 Å². The highest BCUT2D eigenvalue weighted by Gasteiger charge is 2.38. The number of carbonyl (C=O) groups excluding carboxylic acids is 1. The van der Waals surface area contributed by atoms with Crippen LogP contribution in [0.25, 0.3) is 0 Å². The first kappa shape index (κ1) is 14.8. The molecule has 1 aliphatic carbocycles. The highest BCUT2D eigenvalue weighted by atomic mass is 19.1. The number of ether oxygens (including phenoxy) is 2. The molecular formula is C15H16FNO5. The highest BCUT2D eigenvalue weighted by Crippen LogP contribution is 2.40. The molecule has 2 aliphatic rings. The predicted molar refractivity (Wildman–Crippen MR) is 74.4 cm³/mol. The number of hydrogen-bond acceptors (Lipinski definition) is 4. The average molecular weight is 309 g/mol. The van der Waals surface area contributed by atoms with Gasteiger partial charge in [-0.25, -0.2) is 14.0 Å². The van der Waals surface area contributed by atoms with Crippen molar-refractivity contribution in [1.82, 2.24) is 0 Å². The third-order valence-corrected chi connectivity index (χ3v) is 4.25. The van der Waals surface area contributed by atoms with Crippen LogP contribution in [-0.2, 0) is 14.3 Å². The second-order valence-corrected chi connectivity index (χ2v) is 5.55. The van der Waals surface area contributed by atoms with Crippen molar-refractivity contribution in [3.63, 3.8) is 0 Å². The molecule has 0 bridgehead atoms. The van der Waals surface area contributed by atoms with Crippen molar-refractivity contribution in [3.05, 3.63) is 29.6 Å². The van der Waals surface area contributed by atoms with Crippen LogP contribution < -0.4 is 4.90 Å². The smallest absolute Gasteiger partial charge is 0.415 e. The van der Waals surface area contributed by atoms with Crippen molar-refractivity contribution in [2.75, 3.05) is 18.6 Å². The normalized spacial score (nSPS) is 27.5. The van der Waals surface area contributed by atoms with E-state index in [0.29, 0.717) is 11.3 Å². The molecule has 3 rings (SSSR count). The van der Waals surface area contributed by atoms with Crippen LogP contribution >= 0.6 is 0 Å². The van der Waals surface area contributed by atoms with Gasteiger partial charge in [-0.15, -0.1) is 0 Å². The van der Waals surface area contributed by atoms with Gasteiger partial charge in [-0.3, -0.25) is 4.90 Å². The Kier molecular flexibility index (Phi) is 3.74. The number of aliphatic carboxylic acids is 1. The number of methoxy groups -OCH3 is 1. The van der Waals surface area contributed by atoms with Gasteiger partial charge >= 0.3 is 12.1 Å². The minimum atomic E-state index is -1.22. The summed E-state index contributed by atoms with van der Waals surface area (Å²) < 4.78 is 24.2. The molecule has 7 heteroatoms. The molecule has 1 saturated carbocycles. The molecular weight excluding hydrogens is 293 g/mol. The summed E-state index contributed by atoms with van der Waals surface area (Å²) in [7, 11) is 1.64. The number of anilines is 1. The molecule has 1 N–H and O–H groups in total. The Hall–Kier alpha value is -2.15. The Morgan fingerprint density at radius 1 is 1.45 bits per heavy atom. The van der Waals surface area contributed by atoms with E-state index in [1.165, 1.54) is 6.07 Å². The van der Waals surface area contributed by atoms with Crippen LogP contribution in [0.15, 0.2) is 18.2 Å². The van der Waals surface area contributed by atoms with E-state index in [0.717, 1.165) is 17.7 Å². The van der Waals surface area contributed by atoms with E-state index in [-0.39, 0.29) is 18.6 Å². The number of carboxylic acid groups (broad SMARTS) is 1. The first-order valence-corrected chi connectivity index (χ1v) is 7.02. The third kappa shape index (κ3) is 2.52. The van der Waals surface area contributed by atoms with Crippen molar-refractivity contribution >= 4 is 17.7 Å². The molecule has 0 unspecified atom stereocenters. The summed E-state index contributed by atoms with van der Waals surface area (Å²) >= 11 is 0. The van der Waals surface area contributed by atoms with Crippen molar-refractivity contribution in [1.29, 1.82) is 0 Å². The van der Waals surface area contributed by atoms with Crippen molar-refractivity contribution in [2.24, 2.45) is 0 Å². The maximum absolute atomic E-state index is 14.3. The summed E-state index contributed by atoms with van der Waals surface area (Å²) in [5.74, 6) is -1.49. The number of halogens is 1. The van der Waals surface area contributed by atoms with Gasteiger partial charge in [0.1, 0.15) is 5.82 Å². The first-order chi connectivity index (χ1) is 10.5. The second kappa shape index (κ2) is 5.57. The average Bonchev–Trinajstić information content (AvgIpc) is 2.81. The number of nitrogens with zero attached hydrogens (tertiary/aromatic N) is 1. The molecule has 1 atom stereocenters. The largest absolute Gasteiger partial charge is 0.478 e. The number of cyclic esters (lactones) is 1. The minimum absolute atomic E-state index is 0.122. The number of benzene rings is 1. The summed E-state index contributed by atoms with van der Waals surface area (Å²) in [5.41, 5.74) is 0.900. The number of rotatable bonds is 4. The van der Waals surface area contributed by atoms with Crippen molar-refractivity contribution < 1.29 is 28.6 Å². The van der Waals surface area contributed by atoms with Gasteiger partial charge < -0.3 is 14.6 Å². The Morgan fingerprint density at radius 2 is 2.18 bits per heavy atom. The van der Waals surface area contributed by atoms with E-state index in [9.17, 15) is 14.0 Å². The van der Waals surface area contributed by atoms with Crippen molar-refractivity contribution in [2.45, 2.75) is 31.0 Å². The zero-order valence-corrected chi connectivity index (χ0v) is 12.0. The molecule has 1 aromatic carbocycles. The highest BCUT2D eigenvalue weighted by molar-refractivity contribution is 5.93. The van der Waals surface area contributed by atoms with Gasteiger partial charge in [-0.1, -0.05) is 6.07 Å². The standard InChI is InChI=1S/C15H16FNO5/c1-21-10-4-8(5-10)11-3-2-9(6-12(11)16)17-7-13(14(18)19)22-15(17)20/h2-3,6,8,10,13H,4-5,7H2,1H3,(H,18,19)/t8?,10?,13-/m1/s1. The molecule has 22 heavy (non-hydrogen) atoms. The summed E-state index contributed by atoms with van der Waals surface area (Å²) in [6.07, 6.45) is -0.264. The fourth-order valence-corrected chi connectivity index (χ4v) is 2.83. The van der Waals surface area contributed by atoms with Crippen LogP contribution in [0.4, 0.5) is 14.9 Å². The lowest BCUT2D eigenvalue weighted by atomic mass is 9.77. The number of amides is 1. The van der Waals surface area contributed by atoms with Crippen LogP contribution in [0.3, 0.4) is 0 Å². The van der Waals surface area contributed by atoms with E-state index >= 15 is 0 Å². The molecule has 0 aromatic heterocycles. The topological polar surface area (TPSA) is 76.1 Å². The molecule has 1 aliphatic heterocycles. The summed E-state index contributed by atoms with van der Waals surface area (Å²) in [6, 6.07) is 4.51.